The van der Waals surface area contributed by atoms with Crippen LogP contribution in [0.2, 0.25) is 0 Å². The Morgan fingerprint density at radius 3 is 3.38 bits per heavy atom. The van der Waals surface area contributed by atoms with E-state index in [2.05, 4.69) is 10.3 Å². The Bertz CT molecular complexity index is 420. The molecule has 0 fully saturated rings. The zero-order chi connectivity index (χ0) is 9.26. The van der Waals surface area contributed by atoms with Crippen molar-refractivity contribution in [1.82, 2.24) is 14.7 Å². The normalized spacial score (nSPS) is 13.0. The van der Waals surface area contributed by atoms with Gasteiger partial charge < -0.3 is 5.32 Å². The van der Waals surface area contributed by atoms with Gasteiger partial charge in [0.05, 0.1) is 12.2 Å². The van der Waals surface area contributed by atoms with E-state index in [1.807, 2.05) is 29.1 Å². The van der Waals surface area contributed by atoms with Gasteiger partial charge in [0.25, 0.3) is 0 Å². The molecule has 2 aromatic rings. The van der Waals surface area contributed by atoms with Crippen LogP contribution in [0.3, 0.4) is 0 Å². The Balaban J connectivity index is 2.42. The second kappa shape index (κ2) is 3.18. The van der Waals surface area contributed by atoms with Crippen LogP contribution in [0.5, 0.6) is 0 Å². The summed E-state index contributed by atoms with van der Waals surface area (Å²) in [7, 11) is 0. The summed E-state index contributed by atoms with van der Waals surface area (Å²) in [5, 5.41) is 4.66. The van der Waals surface area contributed by atoms with Gasteiger partial charge in [-0.05, 0) is 6.92 Å². The van der Waals surface area contributed by atoms with E-state index in [0.29, 0.717) is 6.41 Å². The summed E-state index contributed by atoms with van der Waals surface area (Å²) < 4.78 is 1.98. The molecule has 0 aliphatic carbocycles. The number of carbonyl (C=O) groups is 1. The molecule has 0 aliphatic rings. The number of nitrogens with zero attached hydrogens (tertiary/aromatic N) is 2. The molecule has 1 N–H and O–H groups in total. The fraction of sp³-hybridized carbons (Fsp3) is 0.250. The lowest BCUT2D eigenvalue weighted by atomic mass is 10.3. The number of hydrogen-bond donors (Lipinski definition) is 1. The number of imidazole rings is 1. The third-order valence-corrected chi connectivity index (χ3v) is 2.70. The largest absolute Gasteiger partial charge is 0.349 e. The second-order valence-electron chi connectivity index (χ2n) is 2.73. The molecule has 0 spiro atoms. The number of thiazole rings is 1. The Labute approximate surface area is 79.2 Å². The molecule has 0 bridgehead atoms. The minimum atomic E-state index is -0.0467. The Hall–Kier alpha value is -1.36. The van der Waals surface area contributed by atoms with Crippen LogP contribution >= 0.6 is 11.3 Å². The van der Waals surface area contributed by atoms with E-state index in [4.69, 9.17) is 0 Å². The molecule has 2 rings (SSSR count). The summed E-state index contributed by atoms with van der Waals surface area (Å²) in [6.45, 7) is 1.90. The van der Waals surface area contributed by atoms with Crippen LogP contribution in [0.4, 0.5) is 0 Å². The average molecular weight is 195 g/mol. The first kappa shape index (κ1) is 8.25. The molecule has 68 valence electrons. The molecular formula is C8H9N3OS. The van der Waals surface area contributed by atoms with Crippen LogP contribution < -0.4 is 5.32 Å². The molecule has 1 amide bonds. The number of rotatable bonds is 3. The molecular weight excluding hydrogens is 186 g/mol. The van der Waals surface area contributed by atoms with Gasteiger partial charge in [-0.25, -0.2) is 4.98 Å². The van der Waals surface area contributed by atoms with Crippen molar-refractivity contribution in [2.75, 3.05) is 0 Å². The summed E-state index contributed by atoms with van der Waals surface area (Å²) >= 11 is 1.63. The predicted octanol–water partition coefficient (Wildman–Crippen LogP) is 1.20. The van der Waals surface area contributed by atoms with Crippen molar-refractivity contribution in [3.05, 3.63) is 23.6 Å². The average Bonchev–Trinajstić information content (AvgIpc) is 2.62. The molecule has 5 heteroatoms. The van der Waals surface area contributed by atoms with Crippen molar-refractivity contribution in [3.63, 3.8) is 0 Å². The Morgan fingerprint density at radius 2 is 2.62 bits per heavy atom. The van der Waals surface area contributed by atoms with E-state index in [1.54, 1.807) is 11.3 Å². The molecule has 4 nitrogen and oxygen atoms in total. The molecule has 2 aromatic heterocycles. The van der Waals surface area contributed by atoms with E-state index in [9.17, 15) is 4.79 Å². The van der Waals surface area contributed by atoms with Crippen molar-refractivity contribution in [1.29, 1.82) is 0 Å². The van der Waals surface area contributed by atoms with Crippen molar-refractivity contribution < 1.29 is 4.79 Å². The Morgan fingerprint density at radius 1 is 1.77 bits per heavy atom. The van der Waals surface area contributed by atoms with Crippen LogP contribution in [-0.4, -0.2) is 15.8 Å². The number of carbonyl (C=O) groups excluding carboxylic acids is 1. The summed E-state index contributed by atoms with van der Waals surface area (Å²) in [5.74, 6) is 0.864. The molecule has 0 aliphatic heterocycles. The number of fused-ring (bicyclic) bond motifs is 1. The maximum Gasteiger partial charge on any atom is 0.207 e. The lowest BCUT2D eigenvalue weighted by Crippen LogP contribution is -2.18. The van der Waals surface area contributed by atoms with Gasteiger partial charge >= 0.3 is 0 Å². The minimum absolute atomic E-state index is 0.0467. The number of nitrogens with one attached hydrogen (secondary N) is 1. The number of aromatic nitrogens is 2. The van der Waals surface area contributed by atoms with Gasteiger partial charge in [0.15, 0.2) is 0 Å². The first-order valence-corrected chi connectivity index (χ1v) is 4.81. The summed E-state index contributed by atoms with van der Waals surface area (Å²) in [6, 6.07) is -0.0467. The highest BCUT2D eigenvalue weighted by Crippen LogP contribution is 2.17. The number of amides is 1. The zero-order valence-electron chi connectivity index (χ0n) is 7.10. The SMILES string of the molecule is C[C@@H](NC=O)c1ncc2sccn12. The van der Waals surface area contributed by atoms with Gasteiger partial charge in [0.1, 0.15) is 10.7 Å². The van der Waals surface area contributed by atoms with Gasteiger partial charge in [-0.3, -0.25) is 9.20 Å². The van der Waals surface area contributed by atoms with Crippen molar-refractivity contribution in [2.24, 2.45) is 0 Å². The summed E-state index contributed by atoms with van der Waals surface area (Å²) in [6.07, 6.45) is 4.45. The third kappa shape index (κ3) is 1.31. The van der Waals surface area contributed by atoms with Gasteiger partial charge in [-0.1, -0.05) is 0 Å². The predicted molar refractivity (Wildman–Crippen MR) is 50.7 cm³/mol. The highest BCUT2D eigenvalue weighted by Gasteiger charge is 2.10. The number of hydrogen-bond acceptors (Lipinski definition) is 3. The van der Waals surface area contributed by atoms with E-state index >= 15 is 0 Å². The monoisotopic (exact) mass is 195 g/mol. The lowest BCUT2D eigenvalue weighted by molar-refractivity contribution is -0.110. The Kier molecular flexibility index (Phi) is 2.02. The second-order valence-corrected chi connectivity index (χ2v) is 3.66. The van der Waals surface area contributed by atoms with Gasteiger partial charge in [0, 0.05) is 11.6 Å². The molecule has 2 heterocycles. The molecule has 0 aromatic carbocycles. The van der Waals surface area contributed by atoms with Crippen LogP contribution in [-0.2, 0) is 4.79 Å². The van der Waals surface area contributed by atoms with E-state index in [1.165, 1.54) is 0 Å². The minimum Gasteiger partial charge on any atom is -0.349 e. The van der Waals surface area contributed by atoms with E-state index in [-0.39, 0.29) is 6.04 Å². The van der Waals surface area contributed by atoms with Gasteiger partial charge in [0.2, 0.25) is 6.41 Å². The van der Waals surface area contributed by atoms with E-state index in [0.717, 1.165) is 10.7 Å². The third-order valence-electron chi connectivity index (χ3n) is 1.90. The maximum absolute atomic E-state index is 10.2. The first-order chi connectivity index (χ1) is 6.33. The van der Waals surface area contributed by atoms with E-state index < -0.39 is 0 Å². The van der Waals surface area contributed by atoms with Crippen molar-refractivity contribution in [3.8, 4) is 0 Å². The summed E-state index contributed by atoms with van der Waals surface area (Å²) in [4.78, 5) is 15.6. The highest BCUT2D eigenvalue weighted by molar-refractivity contribution is 7.15. The fourth-order valence-corrected chi connectivity index (χ4v) is 1.96. The van der Waals surface area contributed by atoms with Crippen LogP contribution in [0.15, 0.2) is 17.8 Å². The van der Waals surface area contributed by atoms with Crippen LogP contribution in [0.1, 0.15) is 18.8 Å². The molecule has 1 atom stereocenters. The highest BCUT2D eigenvalue weighted by atomic mass is 32.1. The lowest BCUT2D eigenvalue weighted by Gasteiger charge is -2.06. The van der Waals surface area contributed by atoms with Crippen LogP contribution in [0, 0.1) is 0 Å². The topological polar surface area (TPSA) is 46.4 Å². The molecule has 0 unspecified atom stereocenters. The van der Waals surface area contributed by atoms with Crippen molar-refractivity contribution >= 4 is 22.6 Å². The first-order valence-electron chi connectivity index (χ1n) is 3.93. The maximum atomic E-state index is 10.2. The molecule has 0 saturated carbocycles. The molecule has 13 heavy (non-hydrogen) atoms. The summed E-state index contributed by atoms with van der Waals surface area (Å²) in [5.41, 5.74) is 0. The zero-order valence-corrected chi connectivity index (χ0v) is 7.91. The van der Waals surface area contributed by atoms with Crippen LogP contribution in [0.25, 0.3) is 4.83 Å². The molecule has 0 radical (unpaired) electrons. The standard InChI is InChI=1S/C8H9N3OS/c1-6(10-5-12)8-9-4-7-11(8)2-3-13-7/h2-6H,1H3,(H,10,12)/t6-/m1/s1. The van der Waals surface area contributed by atoms with Gasteiger partial charge in [-0.2, -0.15) is 0 Å². The fourth-order valence-electron chi connectivity index (χ4n) is 1.25. The van der Waals surface area contributed by atoms with Gasteiger partial charge in [-0.15, -0.1) is 11.3 Å². The van der Waals surface area contributed by atoms with Crippen molar-refractivity contribution in [2.45, 2.75) is 13.0 Å². The smallest absolute Gasteiger partial charge is 0.207 e. The molecule has 0 saturated heterocycles. The quantitative estimate of drug-likeness (QED) is 0.748.